The molecule has 0 aromatic carbocycles. The number of nitrogens with zero attached hydrogens (tertiary/aromatic N) is 6. The molecule has 4 fully saturated rings. The number of fused-ring (bicyclic) bond motifs is 3. The van der Waals surface area contributed by atoms with Crippen molar-refractivity contribution in [2.24, 2.45) is 0 Å². The van der Waals surface area contributed by atoms with Gasteiger partial charge in [0.2, 0.25) is 17.8 Å². The summed E-state index contributed by atoms with van der Waals surface area (Å²) in [5.74, 6) is 1.54. The summed E-state index contributed by atoms with van der Waals surface area (Å²) in [5.41, 5.74) is 2.86. The van der Waals surface area contributed by atoms with E-state index in [4.69, 9.17) is 19.4 Å². The summed E-state index contributed by atoms with van der Waals surface area (Å²) in [6.45, 7) is 10.5. The van der Waals surface area contributed by atoms with Crippen LogP contribution in [0.5, 0.6) is 0 Å². The fraction of sp³-hybridized carbons (Fsp3) is 0.690. The van der Waals surface area contributed by atoms with Crippen LogP contribution in [0.2, 0.25) is 0 Å². The van der Waals surface area contributed by atoms with E-state index in [0.717, 1.165) is 68.5 Å². The van der Waals surface area contributed by atoms with Crippen LogP contribution >= 0.6 is 0 Å². The fourth-order valence-corrected chi connectivity index (χ4v) is 6.49. The maximum absolute atomic E-state index is 13.2. The highest BCUT2D eigenvalue weighted by atomic mass is 16.6. The lowest BCUT2D eigenvalue weighted by molar-refractivity contribution is -0.136. The predicted octanol–water partition coefficient (Wildman–Crippen LogP) is 3.56. The second-order valence-corrected chi connectivity index (χ2v) is 12.5. The predicted molar refractivity (Wildman–Crippen MR) is 154 cm³/mol. The number of allylic oxidation sites excluding steroid dienone is 1. The number of carbonyl (C=O) groups is 2. The number of anilines is 2. The number of piperidine rings is 1. The van der Waals surface area contributed by atoms with Crippen molar-refractivity contribution in [1.82, 2.24) is 29.4 Å². The number of nitrogens with one attached hydrogen (secondary N) is 2. The molecule has 12 nitrogen and oxygen atoms in total. The normalized spacial score (nSPS) is 24.9. The zero-order valence-electron chi connectivity index (χ0n) is 24.5. The third-order valence-electron chi connectivity index (χ3n) is 8.69. The Kier molecular flexibility index (Phi) is 7.76. The van der Waals surface area contributed by atoms with Gasteiger partial charge in [0.05, 0.1) is 19.3 Å². The van der Waals surface area contributed by atoms with Crippen molar-refractivity contribution >= 4 is 29.5 Å². The summed E-state index contributed by atoms with van der Waals surface area (Å²) in [6, 6.07) is 0.660. The van der Waals surface area contributed by atoms with Crippen molar-refractivity contribution < 1.29 is 19.1 Å². The topological polar surface area (TPSA) is 126 Å². The van der Waals surface area contributed by atoms with Gasteiger partial charge in [0, 0.05) is 49.0 Å². The first-order valence-corrected chi connectivity index (χ1v) is 15.0. The van der Waals surface area contributed by atoms with Crippen molar-refractivity contribution in [3.05, 3.63) is 23.4 Å². The molecule has 6 rings (SSSR count). The van der Waals surface area contributed by atoms with Gasteiger partial charge in [-0.25, -0.2) is 4.79 Å². The van der Waals surface area contributed by atoms with Crippen molar-refractivity contribution in [2.75, 3.05) is 36.9 Å². The van der Waals surface area contributed by atoms with Crippen LogP contribution in [-0.2, 0) is 14.3 Å². The second kappa shape index (κ2) is 11.5. The molecule has 2 atom stereocenters. The molecular weight excluding hydrogens is 524 g/mol. The van der Waals surface area contributed by atoms with Gasteiger partial charge in [-0.05, 0) is 58.3 Å². The summed E-state index contributed by atoms with van der Waals surface area (Å²) in [7, 11) is 0. The summed E-state index contributed by atoms with van der Waals surface area (Å²) in [5, 5.41) is 11.8. The molecule has 0 aliphatic carbocycles. The van der Waals surface area contributed by atoms with Gasteiger partial charge in [0.25, 0.3) is 0 Å². The molecule has 2 aromatic rings. The smallest absolute Gasteiger partial charge is 0.410 e. The number of rotatable bonds is 7. The standard InChI is InChI=1S/C29H42N8O4/c1-17(2)11-25(38)35-15-23(16-35)41-29(39)36-21-5-6-22(36)13-20(12-21)32-28-34-27(31-19-7-9-40-10-8-19)33-26-24(18(3)4)14-30-37(26)28/h11,14,18-23H,5-10,12-13,15-16H2,1-4H3,(H2,31,32,33,34). The summed E-state index contributed by atoms with van der Waals surface area (Å²) < 4.78 is 13.1. The number of likely N-dealkylation sites (tertiary alicyclic amines) is 1. The summed E-state index contributed by atoms with van der Waals surface area (Å²) in [4.78, 5) is 38.7. The minimum absolute atomic E-state index is 0.0214. The van der Waals surface area contributed by atoms with Crippen molar-refractivity contribution in [1.29, 1.82) is 0 Å². The van der Waals surface area contributed by atoms with Crippen LogP contribution in [-0.4, -0.2) is 98.0 Å². The summed E-state index contributed by atoms with van der Waals surface area (Å²) >= 11 is 0. The van der Waals surface area contributed by atoms with Gasteiger partial charge in [-0.15, -0.1) is 0 Å². The molecule has 2 unspecified atom stereocenters. The molecule has 2 aromatic heterocycles. The SMILES string of the molecule is CC(C)=CC(=O)N1CC(OC(=O)N2C3CCC2CC(Nc2nc(NC4CCOCC4)nc4c(C(C)C)cnn24)C3)C1. The number of hydrogen-bond acceptors (Lipinski definition) is 9. The van der Waals surface area contributed by atoms with E-state index in [-0.39, 0.29) is 48.2 Å². The van der Waals surface area contributed by atoms with Gasteiger partial charge >= 0.3 is 6.09 Å². The quantitative estimate of drug-likeness (QED) is 0.484. The molecule has 4 saturated heterocycles. The minimum Gasteiger partial charge on any atom is -0.442 e. The monoisotopic (exact) mass is 566 g/mol. The first kappa shape index (κ1) is 27.7. The van der Waals surface area contributed by atoms with Crippen LogP contribution in [0.1, 0.15) is 77.7 Å². The van der Waals surface area contributed by atoms with E-state index in [0.29, 0.717) is 25.0 Å². The molecule has 222 valence electrons. The molecule has 0 saturated carbocycles. The summed E-state index contributed by atoms with van der Waals surface area (Å²) in [6.07, 6.45) is 8.42. The van der Waals surface area contributed by atoms with E-state index in [1.807, 2.05) is 29.5 Å². The zero-order chi connectivity index (χ0) is 28.7. The van der Waals surface area contributed by atoms with Crippen LogP contribution in [0.4, 0.5) is 16.7 Å². The van der Waals surface area contributed by atoms with Crippen LogP contribution in [0.25, 0.3) is 5.65 Å². The van der Waals surface area contributed by atoms with E-state index in [1.54, 1.807) is 11.0 Å². The molecule has 0 radical (unpaired) electrons. The Morgan fingerprint density at radius 2 is 1.73 bits per heavy atom. The number of amides is 2. The maximum Gasteiger partial charge on any atom is 0.410 e. The van der Waals surface area contributed by atoms with Crippen LogP contribution in [0, 0.1) is 0 Å². The van der Waals surface area contributed by atoms with E-state index >= 15 is 0 Å². The lowest BCUT2D eigenvalue weighted by Crippen LogP contribution is -2.57. The number of ether oxygens (including phenoxy) is 2. The molecule has 2 bridgehead atoms. The van der Waals surface area contributed by atoms with Gasteiger partial charge in [-0.1, -0.05) is 19.4 Å². The van der Waals surface area contributed by atoms with Crippen molar-refractivity contribution in [3.8, 4) is 0 Å². The van der Waals surface area contributed by atoms with Crippen LogP contribution in [0.3, 0.4) is 0 Å². The average Bonchev–Trinajstić information content (AvgIpc) is 3.45. The molecule has 6 heterocycles. The average molecular weight is 567 g/mol. The molecule has 0 spiro atoms. The van der Waals surface area contributed by atoms with E-state index in [2.05, 4.69) is 29.6 Å². The molecule has 2 amide bonds. The number of carbonyl (C=O) groups excluding carboxylic acids is 2. The molecule has 4 aliphatic heterocycles. The van der Waals surface area contributed by atoms with Gasteiger partial charge in [0.15, 0.2) is 5.65 Å². The Balaban J connectivity index is 1.11. The third-order valence-corrected chi connectivity index (χ3v) is 8.69. The largest absolute Gasteiger partial charge is 0.442 e. The highest BCUT2D eigenvalue weighted by Gasteiger charge is 2.46. The Hall–Kier alpha value is -3.41. The van der Waals surface area contributed by atoms with E-state index < -0.39 is 0 Å². The lowest BCUT2D eigenvalue weighted by Gasteiger charge is -2.42. The minimum atomic E-state index is -0.253. The highest BCUT2D eigenvalue weighted by molar-refractivity contribution is 5.89. The first-order valence-electron chi connectivity index (χ1n) is 15.0. The fourth-order valence-electron chi connectivity index (χ4n) is 6.49. The Morgan fingerprint density at radius 3 is 2.39 bits per heavy atom. The maximum atomic E-state index is 13.2. The highest BCUT2D eigenvalue weighted by Crippen LogP contribution is 2.38. The molecule has 41 heavy (non-hydrogen) atoms. The molecule has 12 heteroatoms. The van der Waals surface area contributed by atoms with Gasteiger partial charge in [0.1, 0.15) is 6.10 Å². The zero-order valence-corrected chi connectivity index (χ0v) is 24.5. The van der Waals surface area contributed by atoms with Gasteiger partial charge < -0.3 is 29.9 Å². The van der Waals surface area contributed by atoms with Gasteiger partial charge in [-0.3, -0.25) is 4.79 Å². The Bertz CT molecular complexity index is 1300. The van der Waals surface area contributed by atoms with Gasteiger partial charge in [-0.2, -0.15) is 19.6 Å². The number of aromatic nitrogens is 4. The Labute approximate surface area is 240 Å². The number of hydrogen-bond donors (Lipinski definition) is 2. The van der Waals surface area contributed by atoms with Crippen molar-refractivity contribution in [3.63, 3.8) is 0 Å². The van der Waals surface area contributed by atoms with E-state index in [9.17, 15) is 9.59 Å². The van der Waals surface area contributed by atoms with Crippen molar-refractivity contribution in [2.45, 2.75) is 102 Å². The van der Waals surface area contributed by atoms with E-state index in [1.165, 1.54) is 0 Å². The molecule has 2 N–H and O–H groups in total. The first-order chi connectivity index (χ1) is 19.7. The molecule has 4 aliphatic rings. The second-order valence-electron chi connectivity index (χ2n) is 12.5. The lowest BCUT2D eigenvalue weighted by atomic mass is 9.98. The molecular formula is C29H42N8O4. The van der Waals surface area contributed by atoms with Crippen LogP contribution in [0.15, 0.2) is 17.8 Å². The van der Waals surface area contributed by atoms with Crippen LogP contribution < -0.4 is 10.6 Å². The third kappa shape index (κ3) is 5.84. The Morgan fingerprint density at radius 1 is 1.02 bits per heavy atom.